The molecular formula is C22H15BrF3N5O. The van der Waals surface area contributed by atoms with Gasteiger partial charge in [-0.3, -0.25) is 9.78 Å². The van der Waals surface area contributed by atoms with Gasteiger partial charge in [-0.05, 0) is 58.7 Å². The molecule has 1 saturated heterocycles. The number of nitriles is 1. The number of piperidine rings is 1. The second kappa shape index (κ2) is 6.90. The van der Waals surface area contributed by atoms with Gasteiger partial charge in [0.25, 0.3) is 0 Å². The van der Waals surface area contributed by atoms with Crippen LogP contribution in [-0.4, -0.2) is 35.1 Å². The Bertz CT molecular complexity index is 1290. The highest BCUT2D eigenvalue weighted by Gasteiger charge is 2.86. The summed E-state index contributed by atoms with van der Waals surface area (Å²) in [5, 5.41) is 12.5. The van der Waals surface area contributed by atoms with Gasteiger partial charge in [0.05, 0.1) is 16.5 Å². The minimum absolute atomic E-state index is 0.0925. The lowest BCUT2D eigenvalue weighted by molar-refractivity contribution is -0.191. The number of alkyl halides is 3. The van der Waals surface area contributed by atoms with E-state index >= 15 is 0 Å². The second-order valence-electron chi connectivity index (χ2n) is 8.15. The predicted molar refractivity (Wildman–Crippen MR) is 115 cm³/mol. The first-order valence-corrected chi connectivity index (χ1v) is 10.5. The summed E-state index contributed by atoms with van der Waals surface area (Å²) in [5.41, 5.74) is -2.46. The van der Waals surface area contributed by atoms with E-state index in [-0.39, 0.29) is 25.3 Å². The standard InChI is InChI=1S/C22H15BrF3N5O/c23-14-4-6-17(29-9-14)30-19(32)20-10-21(20,22(24,25)26)12-31(11-20)16-5-3-13(8-27)18-15(16)2-1-7-28-18/h1-7,9H,10-12H2,(H,29,30,32)/t20-,21-/m0/s1. The van der Waals surface area contributed by atoms with Crippen LogP contribution in [0.15, 0.2) is 53.3 Å². The van der Waals surface area contributed by atoms with Crippen LogP contribution in [-0.2, 0) is 4.79 Å². The van der Waals surface area contributed by atoms with Crippen molar-refractivity contribution >= 4 is 44.2 Å². The number of hydrogen-bond acceptors (Lipinski definition) is 5. The van der Waals surface area contributed by atoms with E-state index in [1.165, 1.54) is 18.5 Å². The molecule has 6 nitrogen and oxygen atoms in total. The lowest BCUT2D eigenvalue weighted by atomic mass is 9.94. The molecular weight excluding hydrogens is 487 g/mol. The third-order valence-electron chi connectivity index (χ3n) is 6.47. The average Bonchev–Trinajstić information content (AvgIpc) is 3.32. The largest absolute Gasteiger partial charge is 0.397 e. The van der Waals surface area contributed by atoms with Crippen LogP contribution in [0.25, 0.3) is 10.9 Å². The van der Waals surface area contributed by atoms with Crippen LogP contribution < -0.4 is 10.2 Å². The van der Waals surface area contributed by atoms with Crippen molar-refractivity contribution in [2.24, 2.45) is 10.8 Å². The Morgan fingerprint density at radius 3 is 2.69 bits per heavy atom. The van der Waals surface area contributed by atoms with E-state index in [0.717, 1.165) is 0 Å². The van der Waals surface area contributed by atoms with Crippen LogP contribution in [0.5, 0.6) is 0 Å². The van der Waals surface area contributed by atoms with E-state index in [2.05, 4.69) is 37.3 Å². The maximum Gasteiger partial charge on any atom is 0.397 e. The number of rotatable bonds is 3. The number of anilines is 2. The number of carbonyl (C=O) groups excluding carboxylic acids is 1. The third-order valence-corrected chi connectivity index (χ3v) is 6.94. The van der Waals surface area contributed by atoms with E-state index in [9.17, 15) is 23.2 Å². The summed E-state index contributed by atoms with van der Waals surface area (Å²) in [6.07, 6.45) is -1.82. The van der Waals surface area contributed by atoms with Crippen LogP contribution in [0.2, 0.25) is 0 Å². The van der Waals surface area contributed by atoms with Gasteiger partial charge < -0.3 is 10.2 Å². The van der Waals surface area contributed by atoms with E-state index in [0.29, 0.717) is 26.6 Å². The molecule has 0 radical (unpaired) electrons. The summed E-state index contributed by atoms with van der Waals surface area (Å²) in [6.45, 7) is -0.432. The molecule has 1 aromatic carbocycles. The van der Waals surface area contributed by atoms with Gasteiger partial charge in [0.1, 0.15) is 17.3 Å². The molecule has 2 aliphatic rings. The number of benzene rings is 1. The number of pyridine rings is 2. The lowest BCUT2D eigenvalue weighted by Gasteiger charge is -2.25. The normalized spacial score (nSPS) is 24.2. The molecule has 1 aliphatic heterocycles. The Kier molecular flexibility index (Phi) is 4.47. The molecule has 3 aromatic rings. The average molecular weight is 502 g/mol. The molecule has 32 heavy (non-hydrogen) atoms. The van der Waals surface area contributed by atoms with Gasteiger partial charge in [-0.1, -0.05) is 0 Å². The first kappa shape index (κ1) is 20.7. The van der Waals surface area contributed by atoms with Gasteiger partial charge in [0.15, 0.2) is 0 Å². The molecule has 2 fully saturated rings. The molecule has 0 bridgehead atoms. The highest BCUT2D eigenvalue weighted by Crippen LogP contribution is 2.75. The predicted octanol–water partition coefficient (Wildman–Crippen LogP) is 4.66. The van der Waals surface area contributed by atoms with Gasteiger partial charge in [0, 0.05) is 41.0 Å². The monoisotopic (exact) mass is 501 g/mol. The van der Waals surface area contributed by atoms with E-state index < -0.39 is 22.9 Å². The summed E-state index contributed by atoms with van der Waals surface area (Å²) in [6, 6.07) is 11.8. The topological polar surface area (TPSA) is 81.9 Å². The third kappa shape index (κ3) is 2.88. The summed E-state index contributed by atoms with van der Waals surface area (Å²) < 4.78 is 43.4. The summed E-state index contributed by atoms with van der Waals surface area (Å²) in [7, 11) is 0. The van der Waals surface area contributed by atoms with Gasteiger partial charge in [-0.15, -0.1) is 0 Å². The van der Waals surface area contributed by atoms with Gasteiger partial charge in [0.2, 0.25) is 5.91 Å². The van der Waals surface area contributed by atoms with E-state index in [1.807, 2.05) is 0 Å². The second-order valence-corrected chi connectivity index (χ2v) is 9.07. The molecule has 1 aliphatic carbocycles. The van der Waals surface area contributed by atoms with Crippen LogP contribution in [0.4, 0.5) is 24.7 Å². The number of halogens is 4. The molecule has 1 N–H and O–H groups in total. The minimum Gasteiger partial charge on any atom is -0.369 e. The molecule has 2 atom stereocenters. The smallest absolute Gasteiger partial charge is 0.369 e. The Morgan fingerprint density at radius 1 is 1.19 bits per heavy atom. The first-order chi connectivity index (χ1) is 15.2. The van der Waals surface area contributed by atoms with Crippen molar-refractivity contribution in [1.82, 2.24) is 9.97 Å². The molecule has 0 unspecified atom stereocenters. The molecule has 0 spiro atoms. The van der Waals surface area contributed by atoms with Crippen LogP contribution >= 0.6 is 15.9 Å². The maximum atomic E-state index is 14.2. The summed E-state index contributed by atoms with van der Waals surface area (Å²) in [5.74, 6) is -0.495. The number of aromatic nitrogens is 2. The van der Waals surface area contributed by atoms with Crippen LogP contribution in [0.1, 0.15) is 12.0 Å². The Morgan fingerprint density at radius 2 is 2.00 bits per heavy atom. The number of hydrogen-bond donors (Lipinski definition) is 1. The van der Waals surface area contributed by atoms with Gasteiger partial charge in [-0.2, -0.15) is 18.4 Å². The highest BCUT2D eigenvalue weighted by molar-refractivity contribution is 9.10. The zero-order valence-electron chi connectivity index (χ0n) is 16.4. The summed E-state index contributed by atoms with van der Waals surface area (Å²) >= 11 is 3.24. The number of carbonyl (C=O) groups is 1. The van der Waals surface area contributed by atoms with Crippen molar-refractivity contribution in [1.29, 1.82) is 5.26 Å². The van der Waals surface area contributed by atoms with Crippen LogP contribution in [0.3, 0.4) is 0 Å². The number of amides is 1. The van der Waals surface area contributed by atoms with Crippen LogP contribution in [0, 0.1) is 22.2 Å². The Hall–Kier alpha value is -3.19. The fourth-order valence-electron chi connectivity index (χ4n) is 4.80. The Balaban J connectivity index is 1.53. The molecule has 3 heterocycles. The van der Waals surface area contributed by atoms with Crippen molar-refractivity contribution in [3.05, 3.63) is 58.8 Å². The number of nitrogens with one attached hydrogen (secondary N) is 1. The van der Waals surface area contributed by atoms with Gasteiger partial charge in [-0.25, -0.2) is 4.98 Å². The fourth-order valence-corrected chi connectivity index (χ4v) is 5.04. The van der Waals surface area contributed by atoms with E-state index in [4.69, 9.17) is 0 Å². The maximum absolute atomic E-state index is 14.2. The summed E-state index contributed by atoms with van der Waals surface area (Å²) in [4.78, 5) is 23.0. The molecule has 2 aromatic heterocycles. The zero-order chi connectivity index (χ0) is 22.7. The van der Waals surface area contributed by atoms with E-state index in [1.54, 1.807) is 35.2 Å². The number of nitrogens with zero attached hydrogens (tertiary/aromatic N) is 4. The first-order valence-electron chi connectivity index (χ1n) is 9.73. The van der Waals surface area contributed by atoms with Crippen molar-refractivity contribution in [2.75, 3.05) is 23.3 Å². The molecule has 10 heteroatoms. The zero-order valence-corrected chi connectivity index (χ0v) is 18.0. The molecule has 162 valence electrons. The molecule has 5 rings (SSSR count). The molecule has 1 amide bonds. The SMILES string of the molecule is N#Cc1ccc(N2C[C@]3(C(=O)Nc4ccc(Br)cn4)C[C@]3(C(F)(F)F)C2)c2cccnc12. The van der Waals surface area contributed by atoms with Gasteiger partial charge >= 0.3 is 6.18 Å². The van der Waals surface area contributed by atoms with Crippen molar-refractivity contribution < 1.29 is 18.0 Å². The van der Waals surface area contributed by atoms with Crippen molar-refractivity contribution in [3.63, 3.8) is 0 Å². The Labute approximate surface area is 189 Å². The quantitative estimate of drug-likeness (QED) is 0.564. The number of fused-ring (bicyclic) bond motifs is 2. The van der Waals surface area contributed by atoms with Crippen molar-refractivity contribution in [2.45, 2.75) is 12.6 Å². The lowest BCUT2D eigenvalue weighted by Crippen LogP contribution is -2.36. The fraction of sp³-hybridized carbons (Fsp3) is 0.273. The minimum atomic E-state index is -4.55. The van der Waals surface area contributed by atoms with Crippen molar-refractivity contribution in [3.8, 4) is 6.07 Å². The molecule has 1 saturated carbocycles. The highest BCUT2D eigenvalue weighted by atomic mass is 79.9.